The Morgan fingerprint density at radius 1 is 1.45 bits per heavy atom. The molecule has 0 amide bonds. The Morgan fingerprint density at radius 3 is 2.70 bits per heavy atom. The number of rotatable bonds is 5. The van der Waals surface area contributed by atoms with Gasteiger partial charge in [-0.05, 0) is 58.6 Å². The smallest absolute Gasteiger partial charge is 0.144 e. The summed E-state index contributed by atoms with van der Waals surface area (Å²) in [6.07, 6.45) is 6.55. The van der Waals surface area contributed by atoms with Gasteiger partial charge >= 0.3 is 0 Å². The maximum atomic E-state index is 12.3. The van der Waals surface area contributed by atoms with E-state index >= 15 is 0 Å². The fourth-order valence-electron chi connectivity index (χ4n) is 1.95. The fourth-order valence-corrected chi connectivity index (χ4v) is 2.62. The Kier molecular flexibility index (Phi) is 4.86. The second-order valence-corrected chi connectivity index (χ2v) is 8.47. The number of hydrogen-bond donors (Lipinski definition) is 0. The van der Waals surface area contributed by atoms with Gasteiger partial charge in [0.1, 0.15) is 16.1 Å². The maximum Gasteiger partial charge on any atom is 0.144 e. The van der Waals surface area contributed by atoms with Crippen LogP contribution in [0.2, 0.25) is 0 Å². The minimum Gasteiger partial charge on any atom is -0.591 e. The predicted octanol–water partition coefficient (Wildman–Crippen LogP) is 3.83. The lowest BCUT2D eigenvalue weighted by molar-refractivity contribution is 0.561. The molecule has 1 unspecified atom stereocenters. The molecule has 4 heteroatoms. The van der Waals surface area contributed by atoms with Crippen LogP contribution in [0.25, 0.3) is 0 Å². The zero-order valence-electron chi connectivity index (χ0n) is 12.8. The van der Waals surface area contributed by atoms with Crippen molar-refractivity contribution in [3.63, 3.8) is 0 Å². The van der Waals surface area contributed by atoms with Crippen LogP contribution in [0.3, 0.4) is 0 Å². The Balaban J connectivity index is 2.20. The first-order valence-corrected chi connectivity index (χ1v) is 8.39. The van der Waals surface area contributed by atoms with Crippen molar-refractivity contribution in [2.45, 2.75) is 58.1 Å². The second-order valence-electron chi connectivity index (χ2n) is 6.57. The van der Waals surface area contributed by atoms with Crippen molar-refractivity contribution >= 4 is 17.1 Å². The monoisotopic (exact) mass is 292 g/mol. The lowest BCUT2D eigenvalue weighted by atomic mass is 10.0. The molecule has 1 fully saturated rings. The summed E-state index contributed by atoms with van der Waals surface area (Å²) in [5, 5.41) is 0. The van der Waals surface area contributed by atoms with Gasteiger partial charge in [0.15, 0.2) is 0 Å². The van der Waals surface area contributed by atoms with E-state index in [1.54, 1.807) is 6.20 Å². The zero-order valence-corrected chi connectivity index (χ0v) is 13.7. The summed E-state index contributed by atoms with van der Waals surface area (Å²) in [6.45, 7) is 7.86. The first kappa shape index (κ1) is 15.5. The molecule has 1 saturated carbocycles. The topological polar surface area (TPSA) is 48.3 Å². The molecule has 0 N–H and O–H groups in total. The van der Waals surface area contributed by atoms with Gasteiger partial charge in [0, 0.05) is 17.5 Å². The van der Waals surface area contributed by atoms with Crippen molar-refractivity contribution in [1.29, 1.82) is 0 Å². The Morgan fingerprint density at radius 2 is 2.15 bits per heavy atom. The summed E-state index contributed by atoms with van der Waals surface area (Å²) in [4.78, 5) is 4.23. The van der Waals surface area contributed by atoms with Crippen LogP contribution < -0.4 is 0 Å². The lowest BCUT2D eigenvalue weighted by Gasteiger charge is -2.19. The molecule has 1 aromatic rings. The Bertz CT molecular complexity index is 489. The molecule has 0 saturated heterocycles. The average Bonchev–Trinajstić information content (AvgIpc) is 3.16. The normalized spacial score (nSPS) is 18.1. The van der Waals surface area contributed by atoms with Gasteiger partial charge in [-0.15, -0.1) is 0 Å². The fraction of sp³-hybridized carbons (Fsp3) is 0.625. The molecule has 3 nitrogen and oxygen atoms in total. The molecule has 2 rings (SSSR count). The predicted molar refractivity (Wildman–Crippen MR) is 85.4 cm³/mol. The van der Waals surface area contributed by atoms with E-state index in [-0.39, 0.29) is 4.75 Å². The number of nitrogens with zero attached hydrogens (tertiary/aromatic N) is 2. The van der Waals surface area contributed by atoms with E-state index in [1.807, 2.05) is 39.8 Å². The summed E-state index contributed by atoms with van der Waals surface area (Å²) in [7, 11) is 0. The summed E-state index contributed by atoms with van der Waals surface area (Å²) in [5.74, 6) is 0.853. The standard InChI is InChI=1S/C16H24N2OS/c1-12-11-14(9-10-17-12)15(8-7-13-5-6-13)18-20(19)16(2,3)4/h9-11,13H,5-8H2,1-4H3/b18-15-. The number of aromatic nitrogens is 1. The van der Waals surface area contributed by atoms with Gasteiger partial charge in [-0.3, -0.25) is 4.98 Å². The highest BCUT2D eigenvalue weighted by Crippen LogP contribution is 2.34. The van der Waals surface area contributed by atoms with Crippen LogP contribution in [0, 0.1) is 12.8 Å². The molecule has 0 spiro atoms. The molecule has 0 bridgehead atoms. The van der Waals surface area contributed by atoms with E-state index in [4.69, 9.17) is 0 Å². The minimum absolute atomic E-state index is 0.313. The largest absolute Gasteiger partial charge is 0.591 e. The quantitative estimate of drug-likeness (QED) is 0.611. The van der Waals surface area contributed by atoms with Crippen LogP contribution in [0.4, 0.5) is 0 Å². The van der Waals surface area contributed by atoms with E-state index < -0.39 is 11.4 Å². The molecular weight excluding hydrogens is 268 g/mol. The van der Waals surface area contributed by atoms with E-state index in [2.05, 4.69) is 9.38 Å². The van der Waals surface area contributed by atoms with E-state index in [0.29, 0.717) is 0 Å². The lowest BCUT2D eigenvalue weighted by Crippen LogP contribution is -2.27. The summed E-state index contributed by atoms with van der Waals surface area (Å²) < 4.78 is 16.5. The van der Waals surface area contributed by atoms with E-state index in [9.17, 15) is 4.55 Å². The molecule has 0 radical (unpaired) electrons. The van der Waals surface area contributed by atoms with Gasteiger partial charge in [-0.1, -0.05) is 17.2 Å². The molecule has 110 valence electrons. The highest BCUT2D eigenvalue weighted by molar-refractivity contribution is 7.91. The van der Waals surface area contributed by atoms with Crippen LogP contribution in [0.5, 0.6) is 0 Å². The van der Waals surface area contributed by atoms with Gasteiger partial charge in [0.25, 0.3) is 0 Å². The molecule has 20 heavy (non-hydrogen) atoms. The highest BCUT2D eigenvalue weighted by Gasteiger charge is 2.28. The van der Waals surface area contributed by atoms with Crippen molar-refractivity contribution in [2.75, 3.05) is 0 Å². The van der Waals surface area contributed by atoms with Gasteiger partial charge in [0.05, 0.1) is 5.71 Å². The molecule has 1 aliphatic carbocycles. The molecule has 1 heterocycles. The number of hydrogen-bond acceptors (Lipinski definition) is 3. The van der Waals surface area contributed by atoms with Crippen LogP contribution >= 0.6 is 0 Å². The molecule has 1 aliphatic rings. The van der Waals surface area contributed by atoms with Gasteiger partial charge in [-0.25, -0.2) is 0 Å². The van der Waals surface area contributed by atoms with Crippen molar-refractivity contribution in [3.05, 3.63) is 29.6 Å². The average molecular weight is 292 g/mol. The third kappa shape index (κ3) is 4.60. The van der Waals surface area contributed by atoms with Crippen LogP contribution in [0.15, 0.2) is 22.7 Å². The molecule has 1 atom stereocenters. The van der Waals surface area contributed by atoms with Crippen LogP contribution in [-0.2, 0) is 11.4 Å². The number of pyridine rings is 1. The first-order chi connectivity index (χ1) is 9.36. The zero-order chi connectivity index (χ0) is 14.8. The maximum absolute atomic E-state index is 12.3. The molecule has 0 aliphatic heterocycles. The van der Waals surface area contributed by atoms with Crippen molar-refractivity contribution in [1.82, 2.24) is 4.98 Å². The van der Waals surface area contributed by atoms with Crippen molar-refractivity contribution in [3.8, 4) is 0 Å². The van der Waals surface area contributed by atoms with Crippen LogP contribution in [0.1, 0.15) is 57.7 Å². The van der Waals surface area contributed by atoms with Crippen LogP contribution in [-0.4, -0.2) is 20.0 Å². The third-order valence-corrected chi connectivity index (χ3v) is 4.87. The van der Waals surface area contributed by atoms with E-state index in [0.717, 1.165) is 35.7 Å². The Labute approximate surface area is 125 Å². The summed E-state index contributed by atoms with van der Waals surface area (Å²) in [6, 6.07) is 4.00. The van der Waals surface area contributed by atoms with Gasteiger partial charge < -0.3 is 4.55 Å². The summed E-state index contributed by atoms with van der Waals surface area (Å²) >= 11 is -1.20. The van der Waals surface area contributed by atoms with Crippen molar-refractivity contribution < 1.29 is 4.55 Å². The minimum atomic E-state index is -1.20. The third-order valence-electron chi connectivity index (χ3n) is 3.43. The van der Waals surface area contributed by atoms with E-state index in [1.165, 1.54) is 12.8 Å². The number of aryl methyl sites for hydroxylation is 1. The van der Waals surface area contributed by atoms with Crippen molar-refractivity contribution in [2.24, 2.45) is 10.3 Å². The molecule has 0 aromatic carbocycles. The van der Waals surface area contributed by atoms with Gasteiger partial charge in [-0.2, -0.15) is 0 Å². The first-order valence-electron chi connectivity index (χ1n) is 7.29. The highest BCUT2D eigenvalue weighted by atomic mass is 32.2. The molecule has 1 aromatic heterocycles. The molecular formula is C16H24N2OS. The Hall–Kier alpha value is -0.870. The van der Waals surface area contributed by atoms with Gasteiger partial charge in [0.2, 0.25) is 0 Å². The summed E-state index contributed by atoms with van der Waals surface area (Å²) in [5.41, 5.74) is 3.01. The SMILES string of the molecule is Cc1cc(/C(CCC2CC2)=N\[S+]([O-])C(C)(C)C)ccn1. The second kappa shape index (κ2) is 6.27.